The standard InChI is InChI=1S/C21H22N4O4S/c1-28-18-9-10-19(29-2)20(12-18)30(27)25-17-7-5-16(6-8-17)24-21(26)23-14-15-4-3-11-22-13-15/h3-13,25H,14H2,1-2H3,(H2,23,24,26). The van der Waals surface area contributed by atoms with Crippen molar-refractivity contribution < 1.29 is 18.5 Å². The molecule has 1 heterocycles. The van der Waals surface area contributed by atoms with Crippen LogP contribution in [0.1, 0.15) is 5.56 Å². The average molecular weight is 426 g/mol. The van der Waals surface area contributed by atoms with Crippen molar-refractivity contribution in [2.45, 2.75) is 11.4 Å². The van der Waals surface area contributed by atoms with E-state index < -0.39 is 11.0 Å². The van der Waals surface area contributed by atoms with E-state index in [1.807, 2.05) is 12.1 Å². The fourth-order valence-corrected chi connectivity index (χ4v) is 3.59. The minimum atomic E-state index is -1.56. The van der Waals surface area contributed by atoms with Gasteiger partial charge >= 0.3 is 6.03 Å². The predicted molar refractivity (Wildman–Crippen MR) is 116 cm³/mol. The maximum atomic E-state index is 12.7. The number of rotatable bonds is 8. The van der Waals surface area contributed by atoms with Crippen LogP contribution in [0.25, 0.3) is 0 Å². The summed E-state index contributed by atoms with van der Waals surface area (Å²) >= 11 is 0. The number of nitrogens with one attached hydrogen (secondary N) is 3. The molecular weight excluding hydrogens is 404 g/mol. The first kappa shape index (κ1) is 21.1. The summed E-state index contributed by atoms with van der Waals surface area (Å²) in [5, 5.41) is 5.51. The summed E-state index contributed by atoms with van der Waals surface area (Å²) in [5.41, 5.74) is 2.14. The van der Waals surface area contributed by atoms with Gasteiger partial charge in [-0.05, 0) is 48.0 Å². The Labute approximate surface area is 177 Å². The SMILES string of the molecule is COc1ccc(OC)c(S(=O)Nc2ccc(NC(=O)NCc3cccnc3)cc2)c1. The summed E-state index contributed by atoms with van der Waals surface area (Å²) in [6.45, 7) is 0.376. The van der Waals surface area contributed by atoms with Gasteiger partial charge in [0.1, 0.15) is 16.4 Å². The van der Waals surface area contributed by atoms with Crippen molar-refractivity contribution in [3.05, 3.63) is 72.6 Å². The molecule has 1 aromatic heterocycles. The Kier molecular flexibility index (Phi) is 7.23. The summed E-state index contributed by atoms with van der Waals surface area (Å²) < 4.78 is 26.1. The Hall–Kier alpha value is -3.59. The molecule has 3 N–H and O–H groups in total. The first-order chi connectivity index (χ1) is 14.6. The van der Waals surface area contributed by atoms with Crippen LogP contribution >= 0.6 is 0 Å². The van der Waals surface area contributed by atoms with Crippen LogP contribution in [-0.4, -0.2) is 29.4 Å². The summed E-state index contributed by atoms with van der Waals surface area (Å²) in [5.74, 6) is 1.07. The number of aromatic nitrogens is 1. The van der Waals surface area contributed by atoms with Crippen LogP contribution in [-0.2, 0) is 17.5 Å². The number of carbonyl (C=O) groups excluding carboxylic acids is 1. The van der Waals surface area contributed by atoms with Crippen molar-refractivity contribution in [1.29, 1.82) is 0 Å². The number of ether oxygens (including phenoxy) is 2. The van der Waals surface area contributed by atoms with Crippen molar-refractivity contribution in [3.63, 3.8) is 0 Å². The molecule has 0 saturated carbocycles. The monoisotopic (exact) mass is 426 g/mol. The first-order valence-electron chi connectivity index (χ1n) is 9.03. The number of pyridine rings is 1. The minimum Gasteiger partial charge on any atom is -0.497 e. The average Bonchev–Trinajstić information content (AvgIpc) is 2.79. The zero-order valence-electron chi connectivity index (χ0n) is 16.5. The van der Waals surface area contributed by atoms with Gasteiger partial charge in [0, 0.05) is 36.4 Å². The van der Waals surface area contributed by atoms with Gasteiger partial charge in [-0.25, -0.2) is 9.00 Å². The Morgan fingerprint density at radius 2 is 1.80 bits per heavy atom. The van der Waals surface area contributed by atoms with Gasteiger partial charge in [-0.3, -0.25) is 4.98 Å². The molecule has 1 atom stereocenters. The zero-order valence-corrected chi connectivity index (χ0v) is 17.4. The molecule has 8 nitrogen and oxygen atoms in total. The fourth-order valence-electron chi connectivity index (χ4n) is 2.57. The lowest BCUT2D eigenvalue weighted by Gasteiger charge is -2.12. The summed E-state index contributed by atoms with van der Waals surface area (Å²) in [6, 6.07) is 15.3. The van der Waals surface area contributed by atoms with E-state index in [-0.39, 0.29) is 6.03 Å². The van der Waals surface area contributed by atoms with Gasteiger partial charge in [-0.15, -0.1) is 0 Å². The Balaban J connectivity index is 1.58. The maximum absolute atomic E-state index is 12.7. The lowest BCUT2D eigenvalue weighted by molar-refractivity contribution is 0.251. The smallest absolute Gasteiger partial charge is 0.319 e. The highest BCUT2D eigenvalue weighted by atomic mass is 32.2. The highest BCUT2D eigenvalue weighted by molar-refractivity contribution is 7.86. The number of methoxy groups -OCH3 is 2. The molecule has 0 bridgehead atoms. The molecule has 0 saturated heterocycles. The number of urea groups is 1. The van der Waals surface area contributed by atoms with E-state index in [9.17, 15) is 9.00 Å². The van der Waals surface area contributed by atoms with Crippen molar-refractivity contribution in [3.8, 4) is 11.5 Å². The largest absolute Gasteiger partial charge is 0.497 e. The van der Waals surface area contributed by atoms with Gasteiger partial charge < -0.3 is 24.8 Å². The second-order valence-corrected chi connectivity index (χ2v) is 7.32. The second kappa shape index (κ2) is 10.3. The minimum absolute atomic E-state index is 0.329. The van der Waals surface area contributed by atoms with Gasteiger partial charge in [0.05, 0.1) is 14.2 Å². The van der Waals surface area contributed by atoms with Crippen LogP contribution in [0.3, 0.4) is 0 Å². The van der Waals surface area contributed by atoms with E-state index in [0.29, 0.717) is 34.3 Å². The molecular formula is C21H22N4O4S. The van der Waals surface area contributed by atoms with Crippen LogP contribution in [0.15, 0.2) is 71.9 Å². The van der Waals surface area contributed by atoms with Gasteiger partial charge in [0.2, 0.25) is 0 Å². The van der Waals surface area contributed by atoms with Crippen LogP contribution in [0.4, 0.5) is 16.2 Å². The number of nitrogens with zero attached hydrogens (tertiary/aromatic N) is 1. The predicted octanol–water partition coefficient (Wildman–Crippen LogP) is 3.56. The third kappa shape index (κ3) is 5.71. The summed E-state index contributed by atoms with van der Waals surface area (Å²) in [4.78, 5) is 16.5. The molecule has 1 unspecified atom stereocenters. The quantitative estimate of drug-likeness (QED) is 0.511. The van der Waals surface area contributed by atoms with E-state index in [4.69, 9.17) is 9.47 Å². The van der Waals surface area contributed by atoms with Crippen LogP contribution < -0.4 is 24.8 Å². The number of carbonyl (C=O) groups is 1. The Bertz CT molecular complexity index is 1010. The molecule has 2 amide bonds. The van der Waals surface area contributed by atoms with Crippen molar-refractivity contribution in [2.24, 2.45) is 0 Å². The third-order valence-corrected chi connectivity index (χ3v) is 5.24. The number of anilines is 2. The molecule has 156 valence electrons. The zero-order chi connectivity index (χ0) is 21.3. The number of hydrogen-bond donors (Lipinski definition) is 3. The van der Waals surface area contributed by atoms with Gasteiger partial charge in [0.25, 0.3) is 0 Å². The highest BCUT2D eigenvalue weighted by Gasteiger charge is 2.13. The molecule has 0 fully saturated rings. The molecule has 2 aromatic carbocycles. The maximum Gasteiger partial charge on any atom is 0.319 e. The van der Waals surface area contributed by atoms with Crippen LogP contribution in [0.5, 0.6) is 11.5 Å². The molecule has 9 heteroatoms. The first-order valence-corrected chi connectivity index (χ1v) is 10.2. The fraction of sp³-hybridized carbons (Fsp3) is 0.143. The molecule has 3 rings (SSSR count). The molecule has 0 spiro atoms. The summed E-state index contributed by atoms with van der Waals surface area (Å²) in [6.07, 6.45) is 3.37. The molecule has 30 heavy (non-hydrogen) atoms. The lowest BCUT2D eigenvalue weighted by Crippen LogP contribution is -2.28. The lowest BCUT2D eigenvalue weighted by atomic mass is 10.3. The van der Waals surface area contributed by atoms with Crippen LogP contribution in [0, 0.1) is 0 Å². The van der Waals surface area contributed by atoms with Crippen molar-refractivity contribution in [1.82, 2.24) is 10.3 Å². The molecule has 0 radical (unpaired) electrons. The van der Waals surface area contributed by atoms with Gasteiger partial charge in [-0.1, -0.05) is 6.07 Å². The topological polar surface area (TPSA) is 102 Å². The molecule has 0 aliphatic carbocycles. The Morgan fingerprint density at radius 3 is 2.47 bits per heavy atom. The van der Waals surface area contributed by atoms with E-state index in [1.165, 1.54) is 7.11 Å². The molecule has 0 aliphatic rings. The number of benzene rings is 2. The van der Waals surface area contributed by atoms with E-state index >= 15 is 0 Å². The molecule has 3 aromatic rings. The number of hydrogen-bond acceptors (Lipinski definition) is 5. The van der Waals surface area contributed by atoms with E-state index in [1.54, 1.807) is 62.0 Å². The van der Waals surface area contributed by atoms with Gasteiger partial charge in [-0.2, -0.15) is 0 Å². The van der Waals surface area contributed by atoms with Crippen LogP contribution in [0.2, 0.25) is 0 Å². The van der Waals surface area contributed by atoms with Crippen molar-refractivity contribution >= 4 is 28.4 Å². The second-order valence-electron chi connectivity index (χ2n) is 6.13. The third-order valence-electron chi connectivity index (χ3n) is 4.10. The summed E-state index contributed by atoms with van der Waals surface area (Å²) in [7, 11) is 1.50. The van der Waals surface area contributed by atoms with Crippen molar-refractivity contribution in [2.75, 3.05) is 24.3 Å². The van der Waals surface area contributed by atoms with E-state index in [2.05, 4.69) is 20.3 Å². The highest BCUT2D eigenvalue weighted by Crippen LogP contribution is 2.28. The Morgan fingerprint density at radius 1 is 1.03 bits per heavy atom. The van der Waals surface area contributed by atoms with Gasteiger partial charge in [0.15, 0.2) is 11.0 Å². The number of amides is 2. The van der Waals surface area contributed by atoms with E-state index in [0.717, 1.165) is 5.56 Å². The normalized spacial score (nSPS) is 11.3. The molecule has 0 aliphatic heterocycles.